The molecule has 0 saturated carbocycles. The molecule has 2 aliphatic heterocycles. The Labute approximate surface area is 91.5 Å². The standard InChI is InChI=1S/C10H10N2O4/c1-16-6-2-3-12-8(4-6)11-5-7(9(12)13)10(14)15/h2-5,9,13H,1H3,(H,14,15). The highest BCUT2D eigenvalue weighted by atomic mass is 16.5. The summed E-state index contributed by atoms with van der Waals surface area (Å²) in [5.74, 6) is -0.156. The number of carboxylic acid groups (broad SMARTS) is 1. The van der Waals surface area contributed by atoms with Gasteiger partial charge in [-0.25, -0.2) is 9.79 Å². The predicted octanol–water partition coefficient (Wildman–Crippen LogP) is 0.0450. The van der Waals surface area contributed by atoms with Gasteiger partial charge in [0, 0.05) is 18.5 Å². The summed E-state index contributed by atoms with van der Waals surface area (Å²) in [5, 5.41) is 18.6. The molecule has 0 aromatic carbocycles. The van der Waals surface area contributed by atoms with E-state index in [2.05, 4.69) is 4.99 Å². The highest BCUT2D eigenvalue weighted by molar-refractivity contribution is 5.99. The fourth-order valence-corrected chi connectivity index (χ4v) is 1.44. The first-order chi connectivity index (χ1) is 7.63. The molecule has 0 saturated heterocycles. The van der Waals surface area contributed by atoms with Crippen LogP contribution in [0, 0.1) is 0 Å². The number of amidine groups is 1. The van der Waals surface area contributed by atoms with Crippen molar-refractivity contribution in [3.63, 3.8) is 0 Å². The van der Waals surface area contributed by atoms with Crippen molar-refractivity contribution in [2.24, 2.45) is 4.99 Å². The van der Waals surface area contributed by atoms with Gasteiger partial charge in [-0.1, -0.05) is 0 Å². The second-order valence-corrected chi connectivity index (χ2v) is 3.22. The lowest BCUT2D eigenvalue weighted by molar-refractivity contribution is -0.134. The van der Waals surface area contributed by atoms with Crippen molar-refractivity contribution in [1.29, 1.82) is 0 Å². The Bertz CT molecular complexity index is 448. The molecule has 0 radical (unpaired) electrons. The third kappa shape index (κ3) is 1.59. The van der Waals surface area contributed by atoms with Crippen LogP contribution in [0.25, 0.3) is 0 Å². The van der Waals surface area contributed by atoms with E-state index >= 15 is 0 Å². The molecule has 2 N–H and O–H groups in total. The second kappa shape index (κ2) is 3.82. The maximum absolute atomic E-state index is 10.8. The zero-order valence-electron chi connectivity index (χ0n) is 8.49. The number of hydrogen-bond acceptors (Lipinski definition) is 5. The van der Waals surface area contributed by atoms with Gasteiger partial charge in [-0.15, -0.1) is 0 Å². The molecule has 2 heterocycles. The van der Waals surface area contributed by atoms with Crippen LogP contribution < -0.4 is 0 Å². The minimum atomic E-state index is -1.23. The average molecular weight is 222 g/mol. The van der Waals surface area contributed by atoms with Crippen LogP contribution in [-0.2, 0) is 9.53 Å². The molecule has 0 aliphatic carbocycles. The summed E-state index contributed by atoms with van der Waals surface area (Å²) in [6, 6.07) is 0. The molecule has 6 heteroatoms. The summed E-state index contributed by atoms with van der Waals surface area (Å²) < 4.78 is 5.00. The molecular weight excluding hydrogens is 212 g/mol. The number of fused-ring (bicyclic) bond motifs is 1. The topological polar surface area (TPSA) is 82.4 Å². The lowest BCUT2D eigenvalue weighted by Crippen LogP contribution is -2.41. The van der Waals surface area contributed by atoms with E-state index in [0.29, 0.717) is 11.6 Å². The van der Waals surface area contributed by atoms with Gasteiger partial charge in [0.15, 0.2) is 6.23 Å². The Morgan fingerprint density at radius 3 is 3.00 bits per heavy atom. The van der Waals surface area contributed by atoms with E-state index < -0.39 is 12.2 Å². The van der Waals surface area contributed by atoms with Crippen molar-refractivity contribution >= 4 is 11.8 Å². The number of methoxy groups -OCH3 is 1. The summed E-state index contributed by atoms with van der Waals surface area (Å²) in [4.78, 5) is 16.1. The number of nitrogens with zero attached hydrogens (tertiary/aromatic N) is 2. The number of ether oxygens (including phenoxy) is 1. The second-order valence-electron chi connectivity index (χ2n) is 3.22. The predicted molar refractivity (Wildman–Crippen MR) is 55.2 cm³/mol. The van der Waals surface area contributed by atoms with Crippen LogP contribution in [0.3, 0.4) is 0 Å². The van der Waals surface area contributed by atoms with Crippen molar-refractivity contribution < 1.29 is 19.7 Å². The molecule has 16 heavy (non-hydrogen) atoms. The van der Waals surface area contributed by atoms with E-state index in [1.165, 1.54) is 18.2 Å². The number of carboxylic acids is 1. The average Bonchev–Trinajstić information content (AvgIpc) is 2.28. The van der Waals surface area contributed by atoms with Crippen molar-refractivity contribution in [3.05, 3.63) is 35.9 Å². The molecule has 0 spiro atoms. The van der Waals surface area contributed by atoms with Crippen LogP contribution in [0.1, 0.15) is 0 Å². The van der Waals surface area contributed by atoms with E-state index in [-0.39, 0.29) is 5.57 Å². The summed E-state index contributed by atoms with van der Waals surface area (Å²) >= 11 is 0. The van der Waals surface area contributed by atoms with Crippen LogP contribution in [0.2, 0.25) is 0 Å². The largest absolute Gasteiger partial charge is 0.497 e. The van der Waals surface area contributed by atoms with Crippen molar-refractivity contribution in [2.75, 3.05) is 7.11 Å². The third-order valence-electron chi connectivity index (χ3n) is 2.30. The molecule has 1 unspecified atom stereocenters. The first-order valence-electron chi connectivity index (χ1n) is 4.55. The minimum absolute atomic E-state index is 0.164. The van der Waals surface area contributed by atoms with Crippen molar-refractivity contribution in [1.82, 2.24) is 4.90 Å². The van der Waals surface area contributed by atoms with Crippen LogP contribution in [0.15, 0.2) is 40.9 Å². The molecule has 1 atom stereocenters. The van der Waals surface area contributed by atoms with Gasteiger partial charge in [0.1, 0.15) is 17.2 Å². The molecule has 0 fully saturated rings. The third-order valence-corrected chi connectivity index (χ3v) is 2.30. The van der Waals surface area contributed by atoms with Gasteiger partial charge in [-0.05, 0) is 6.08 Å². The number of rotatable bonds is 2. The smallest absolute Gasteiger partial charge is 0.337 e. The normalized spacial score (nSPS) is 23.0. The van der Waals surface area contributed by atoms with Crippen LogP contribution in [0.5, 0.6) is 0 Å². The maximum Gasteiger partial charge on any atom is 0.337 e. The SMILES string of the molecule is COC1=CC2=NC=C(C(=O)O)C(O)N2C=C1. The number of carbonyl (C=O) groups is 1. The van der Waals surface area contributed by atoms with Crippen molar-refractivity contribution in [2.45, 2.75) is 6.23 Å². The molecule has 6 nitrogen and oxygen atoms in total. The molecule has 0 amide bonds. The quantitative estimate of drug-likeness (QED) is 0.689. The molecule has 0 bridgehead atoms. The molecule has 84 valence electrons. The molecule has 0 aromatic rings. The Kier molecular flexibility index (Phi) is 2.49. The zero-order valence-corrected chi connectivity index (χ0v) is 8.49. The van der Waals surface area contributed by atoms with Crippen LogP contribution >= 0.6 is 0 Å². The van der Waals surface area contributed by atoms with Crippen LogP contribution in [0.4, 0.5) is 0 Å². The van der Waals surface area contributed by atoms with E-state index in [9.17, 15) is 9.90 Å². The van der Waals surface area contributed by atoms with E-state index in [0.717, 1.165) is 6.20 Å². The van der Waals surface area contributed by atoms with Gasteiger partial charge in [-0.2, -0.15) is 0 Å². The number of hydrogen-bond donors (Lipinski definition) is 2. The Hall–Kier alpha value is -2.08. The zero-order chi connectivity index (χ0) is 11.7. The molecule has 2 aliphatic rings. The minimum Gasteiger partial charge on any atom is -0.497 e. The maximum atomic E-state index is 10.8. The first kappa shape index (κ1) is 10.4. The van der Waals surface area contributed by atoms with E-state index in [1.807, 2.05) is 0 Å². The lowest BCUT2D eigenvalue weighted by atomic mass is 10.1. The van der Waals surface area contributed by atoms with Gasteiger partial charge in [0.25, 0.3) is 0 Å². The number of aliphatic carboxylic acids is 1. The fourth-order valence-electron chi connectivity index (χ4n) is 1.44. The first-order valence-corrected chi connectivity index (χ1v) is 4.55. The fraction of sp³-hybridized carbons (Fsp3) is 0.200. The number of aliphatic hydroxyl groups excluding tert-OH is 1. The lowest BCUT2D eigenvalue weighted by Gasteiger charge is -2.31. The summed E-state index contributed by atoms with van der Waals surface area (Å²) in [5.41, 5.74) is -0.164. The van der Waals surface area contributed by atoms with Gasteiger partial charge in [0.05, 0.1) is 7.11 Å². The molecule has 2 rings (SSSR count). The summed E-state index contributed by atoms with van der Waals surface area (Å²) in [6.07, 6.45) is 4.67. The monoisotopic (exact) mass is 222 g/mol. The van der Waals surface area contributed by atoms with Crippen LogP contribution in [-0.4, -0.2) is 40.3 Å². The number of allylic oxidation sites excluding steroid dienone is 1. The summed E-state index contributed by atoms with van der Waals surface area (Å²) in [6.45, 7) is 0. The Balaban J connectivity index is 2.36. The highest BCUT2D eigenvalue weighted by Crippen LogP contribution is 2.20. The molecule has 0 aromatic heterocycles. The number of aliphatic imine (C=N–C) groups is 1. The van der Waals surface area contributed by atoms with E-state index in [4.69, 9.17) is 9.84 Å². The van der Waals surface area contributed by atoms with Crippen molar-refractivity contribution in [3.8, 4) is 0 Å². The van der Waals surface area contributed by atoms with E-state index in [1.54, 1.807) is 12.2 Å². The van der Waals surface area contributed by atoms with Gasteiger partial charge in [-0.3, -0.25) is 0 Å². The Morgan fingerprint density at radius 2 is 2.38 bits per heavy atom. The Morgan fingerprint density at radius 1 is 1.62 bits per heavy atom. The summed E-state index contributed by atoms with van der Waals surface area (Å²) in [7, 11) is 1.52. The highest BCUT2D eigenvalue weighted by Gasteiger charge is 2.29. The van der Waals surface area contributed by atoms with Gasteiger partial charge >= 0.3 is 5.97 Å². The number of aliphatic hydroxyl groups is 1. The van der Waals surface area contributed by atoms with Gasteiger partial charge in [0.2, 0.25) is 0 Å². The van der Waals surface area contributed by atoms with Gasteiger partial charge < -0.3 is 19.8 Å². The molecular formula is C10H10N2O4.